The lowest BCUT2D eigenvalue weighted by atomic mass is 10.0. The van der Waals surface area contributed by atoms with Gasteiger partial charge in [0, 0.05) is 15.7 Å². The van der Waals surface area contributed by atoms with E-state index in [0.717, 1.165) is 34.6 Å². The topological polar surface area (TPSA) is 88.2 Å². The molecular formula is C20H18N4OS2. The normalized spacial score (nSPS) is 19.5. The average Bonchev–Trinajstić information content (AvgIpc) is 3.28. The molecule has 27 heavy (non-hydrogen) atoms. The third kappa shape index (κ3) is 3.51. The molecule has 0 saturated heterocycles. The van der Waals surface area contributed by atoms with Gasteiger partial charge >= 0.3 is 0 Å². The summed E-state index contributed by atoms with van der Waals surface area (Å²) in [5.41, 5.74) is 11.0. The van der Waals surface area contributed by atoms with E-state index in [0.29, 0.717) is 10.7 Å². The van der Waals surface area contributed by atoms with Crippen LogP contribution in [0.3, 0.4) is 0 Å². The van der Waals surface area contributed by atoms with Crippen molar-refractivity contribution in [2.45, 2.75) is 31.6 Å². The summed E-state index contributed by atoms with van der Waals surface area (Å²) in [7, 11) is 0. The van der Waals surface area contributed by atoms with Crippen LogP contribution in [0.5, 0.6) is 0 Å². The van der Waals surface area contributed by atoms with Crippen molar-refractivity contribution >= 4 is 28.3 Å². The predicted octanol–water partition coefficient (Wildman–Crippen LogP) is 5.13. The van der Waals surface area contributed by atoms with Crippen molar-refractivity contribution in [2.24, 2.45) is 10.7 Å². The van der Waals surface area contributed by atoms with Crippen molar-refractivity contribution in [3.8, 4) is 17.2 Å². The van der Waals surface area contributed by atoms with Crippen LogP contribution in [0.4, 0.5) is 0 Å². The van der Waals surface area contributed by atoms with Crippen LogP contribution >= 0.6 is 23.1 Å². The number of aromatic nitrogens is 1. The maximum Gasteiger partial charge on any atom is 0.155 e. The SMILES string of the molecule is Cc1noc(C)c1[C@@H]1C[C@@H](c2cc(-c3cccc(C#N)c3)cs2)N=C(N)S1. The van der Waals surface area contributed by atoms with Crippen LogP contribution in [0.25, 0.3) is 11.1 Å². The van der Waals surface area contributed by atoms with Gasteiger partial charge in [0.15, 0.2) is 5.17 Å². The number of hydrogen-bond acceptors (Lipinski definition) is 7. The largest absolute Gasteiger partial charge is 0.379 e. The first kappa shape index (κ1) is 17.8. The molecule has 136 valence electrons. The Morgan fingerprint density at radius 3 is 2.85 bits per heavy atom. The lowest BCUT2D eigenvalue weighted by Crippen LogP contribution is -2.18. The highest BCUT2D eigenvalue weighted by atomic mass is 32.2. The molecule has 3 heterocycles. The Balaban J connectivity index is 1.63. The predicted molar refractivity (Wildman–Crippen MR) is 110 cm³/mol. The molecule has 1 aromatic carbocycles. The highest BCUT2D eigenvalue weighted by Crippen LogP contribution is 2.46. The highest BCUT2D eigenvalue weighted by Gasteiger charge is 2.30. The summed E-state index contributed by atoms with van der Waals surface area (Å²) in [6, 6.07) is 12.0. The van der Waals surface area contributed by atoms with Crippen molar-refractivity contribution in [3.63, 3.8) is 0 Å². The van der Waals surface area contributed by atoms with E-state index in [1.54, 1.807) is 23.1 Å². The third-order valence-electron chi connectivity index (χ3n) is 4.67. The van der Waals surface area contributed by atoms with E-state index in [2.05, 4.69) is 27.7 Å². The summed E-state index contributed by atoms with van der Waals surface area (Å²) in [6.07, 6.45) is 0.854. The van der Waals surface area contributed by atoms with Crippen molar-refractivity contribution in [3.05, 3.63) is 63.2 Å². The second-order valence-electron chi connectivity index (χ2n) is 6.49. The number of thioether (sulfide) groups is 1. The molecule has 0 fully saturated rings. The summed E-state index contributed by atoms with van der Waals surface area (Å²) in [4.78, 5) is 5.85. The number of amidine groups is 1. The Kier molecular flexibility index (Phi) is 4.77. The number of hydrogen-bond donors (Lipinski definition) is 1. The van der Waals surface area contributed by atoms with Crippen molar-refractivity contribution < 1.29 is 4.52 Å². The lowest BCUT2D eigenvalue weighted by Gasteiger charge is -2.25. The summed E-state index contributed by atoms with van der Waals surface area (Å²) in [6.45, 7) is 3.91. The highest BCUT2D eigenvalue weighted by molar-refractivity contribution is 8.14. The first-order chi connectivity index (χ1) is 13.0. The zero-order valence-corrected chi connectivity index (χ0v) is 16.6. The van der Waals surface area contributed by atoms with E-state index in [4.69, 9.17) is 15.5 Å². The van der Waals surface area contributed by atoms with E-state index >= 15 is 0 Å². The fourth-order valence-corrected chi connectivity index (χ4v) is 5.57. The first-order valence-corrected chi connectivity index (χ1v) is 10.3. The number of nitriles is 1. The van der Waals surface area contributed by atoms with Gasteiger partial charge in [-0.3, -0.25) is 4.99 Å². The summed E-state index contributed by atoms with van der Waals surface area (Å²) in [5.74, 6) is 0.846. The Hall–Kier alpha value is -2.56. The van der Waals surface area contributed by atoms with Crippen molar-refractivity contribution in [2.75, 3.05) is 0 Å². The Morgan fingerprint density at radius 2 is 2.11 bits per heavy atom. The molecule has 5 nitrogen and oxygen atoms in total. The maximum absolute atomic E-state index is 9.12. The molecule has 7 heteroatoms. The van der Waals surface area contributed by atoms with Gasteiger partial charge in [0.05, 0.1) is 23.4 Å². The third-order valence-corrected chi connectivity index (χ3v) is 6.76. The number of aryl methyl sites for hydroxylation is 2. The second kappa shape index (κ2) is 7.22. The van der Waals surface area contributed by atoms with Crippen LogP contribution in [-0.2, 0) is 0 Å². The van der Waals surface area contributed by atoms with Gasteiger partial charge in [-0.2, -0.15) is 5.26 Å². The molecule has 0 spiro atoms. The molecule has 1 aliphatic rings. The minimum absolute atomic E-state index is 0.0165. The number of nitrogens with two attached hydrogens (primary N) is 1. The molecule has 2 atom stereocenters. The zero-order chi connectivity index (χ0) is 19.0. The van der Waals surface area contributed by atoms with E-state index < -0.39 is 0 Å². The van der Waals surface area contributed by atoms with Crippen molar-refractivity contribution in [1.29, 1.82) is 5.26 Å². The van der Waals surface area contributed by atoms with Crippen LogP contribution in [0.1, 0.15) is 45.2 Å². The van der Waals surface area contributed by atoms with E-state index in [-0.39, 0.29) is 11.3 Å². The molecule has 4 rings (SSSR count). The number of benzene rings is 1. The van der Waals surface area contributed by atoms with Crippen LogP contribution in [0, 0.1) is 25.2 Å². The smallest absolute Gasteiger partial charge is 0.155 e. The molecule has 1 aliphatic heterocycles. The summed E-state index contributed by atoms with van der Waals surface area (Å²) >= 11 is 3.26. The Bertz CT molecular complexity index is 1040. The number of rotatable bonds is 3. The molecule has 0 saturated carbocycles. The fraction of sp³-hybridized carbons (Fsp3) is 0.250. The summed E-state index contributed by atoms with van der Waals surface area (Å²) < 4.78 is 5.34. The van der Waals surface area contributed by atoms with Crippen LogP contribution < -0.4 is 5.73 Å². The van der Waals surface area contributed by atoms with Gasteiger partial charge in [0.1, 0.15) is 5.76 Å². The molecular weight excluding hydrogens is 376 g/mol. The molecule has 2 aromatic heterocycles. The maximum atomic E-state index is 9.12. The Morgan fingerprint density at radius 1 is 1.26 bits per heavy atom. The minimum Gasteiger partial charge on any atom is -0.379 e. The monoisotopic (exact) mass is 394 g/mol. The average molecular weight is 395 g/mol. The van der Waals surface area contributed by atoms with Gasteiger partial charge in [-0.05, 0) is 55.0 Å². The van der Waals surface area contributed by atoms with Gasteiger partial charge in [0.2, 0.25) is 0 Å². The second-order valence-corrected chi connectivity index (χ2v) is 8.66. The summed E-state index contributed by atoms with van der Waals surface area (Å²) in [5, 5.41) is 16.1. The molecule has 0 aliphatic carbocycles. The number of aliphatic imine (C=N–C) groups is 1. The molecule has 2 N–H and O–H groups in total. The van der Waals surface area contributed by atoms with Crippen molar-refractivity contribution in [1.82, 2.24) is 5.16 Å². The van der Waals surface area contributed by atoms with Gasteiger partial charge in [0.25, 0.3) is 0 Å². The van der Waals surface area contributed by atoms with Gasteiger partial charge in [-0.1, -0.05) is 29.1 Å². The lowest BCUT2D eigenvalue weighted by molar-refractivity contribution is 0.392. The van der Waals surface area contributed by atoms with Crippen LogP contribution in [0.15, 0.2) is 45.2 Å². The van der Waals surface area contributed by atoms with Crippen LogP contribution in [-0.4, -0.2) is 10.3 Å². The molecule has 0 radical (unpaired) electrons. The number of thiophene rings is 1. The standard InChI is InChI=1S/C20H18N4OS2/c1-11-19(12(2)25-24-11)18-8-16(23-20(22)27-18)17-7-15(10-26-17)14-5-3-4-13(6-14)9-21/h3-7,10,16,18H,8H2,1-2H3,(H2,22,23)/t16-,18-/m0/s1. The first-order valence-electron chi connectivity index (χ1n) is 8.57. The number of nitrogens with zero attached hydrogens (tertiary/aromatic N) is 3. The Labute approximate surface area is 165 Å². The molecule has 0 bridgehead atoms. The minimum atomic E-state index is 0.0165. The fourth-order valence-electron chi connectivity index (χ4n) is 3.39. The molecule has 3 aromatic rings. The molecule has 0 unspecified atom stereocenters. The van der Waals surface area contributed by atoms with Gasteiger partial charge in [-0.15, -0.1) is 11.3 Å². The van der Waals surface area contributed by atoms with Crippen LogP contribution in [0.2, 0.25) is 0 Å². The van der Waals surface area contributed by atoms with Gasteiger partial charge in [-0.25, -0.2) is 0 Å². The van der Waals surface area contributed by atoms with E-state index in [9.17, 15) is 0 Å². The van der Waals surface area contributed by atoms with E-state index in [1.807, 2.05) is 38.1 Å². The van der Waals surface area contributed by atoms with Gasteiger partial charge < -0.3 is 10.3 Å². The van der Waals surface area contributed by atoms with E-state index in [1.165, 1.54) is 4.88 Å². The zero-order valence-electron chi connectivity index (χ0n) is 15.0. The quantitative estimate of drug-likeness (QED) is 0.665. The molecule has 0 amide bonds.